The second-order valence-electron chi connectivity index (χ2n) is 6.07. The second kappa shape index (κ2) is 8.92. The molecule has 0 aromatic carbocycles. The standard InChI is InChI=1S/C19H30O4/c1-6-15(10-9-14(4)20)12-19(8-3)13-16(7-2)17(23-19)11-18(21)22-5/h9-11,13-15,20H,6-8,12H2,1-5H3/b10-9+,17-11-/t14-,15+,19-/m1/s1. The summed E-state index contributed by atoms with van der Waals surface area (Å²) in [6, 6.07) is 0. The Morgan fingerprint density at radius 2 is 2.09 bits per heavy atom. The van der Waals surface area contributed by atoms with Crippen molar-refractivity contribution in [2.45, 2.75) is 65.1 Å². The smallest absolute Gasteiger partial charge is 0.334 e. The van der Waals surface area contributed by atoms with Gasteiger partial charge in [0.2, 0.25) is 0 Å². The van der Waals surface area contributed by atoms with Crippen molar-refractivity contribution in [3.63, 3.8) is 0 Å². The van der Waals surface area contributed by atoms with Crippen molar-refractivity contribution >= 4 is 5.97 Å². The van der Waals surface area contributed by atoms with Crippen LogP contribution in [-0.4, -0.2) is 29.9 Å². The molecule has 4 heteroatoms. The van der Waals surface area contributed by atoms with Gasteiger partial charge in [0.15, 0.2) is 0 Å². The van der Waals surface area contributed by atoms with Crippen LogP contribution in [0.5, 0.6) is 0 Å². The van der Waals surface area contributed by atoms with E-state index in [-0.39, 0.29) is 0 Å². The van der Waals surface area contributed by atoms with E-state index < -0.39 is 17.7 Å². The van der Waals surface area contributed by atoms with Crippen LogP contribution in [0.1, 0.15) is 53.4 Å². The largest absolute Gasteiger partial charge is 0.483 e. The van der Waals surface area contributed by atoms with E-state index in [1.54, 1.807) is 6.92 Å². The molecule has 0 amide bonds. The first-order valence-corrected chi connectivity index (χ1v) is 8.46. The Bertz CT molecular complexity index is 488. The summed E-state index contributed by atoms with van der Waals surface area (Å²) < 4.78 is 10.9. The molecule has 0 spiro atoms. The van der Waals surface area contributed by atoms with Gasteiger partial charge in [0.25, 0.3) is 0 Å². The number of allylic oxidation sites excluding steroid dienone is 2. The first-order chi connectivity index (χ1) is 10.9. The van der Waals surface area contributed by atoms with E-state index in [0.29, 0.717) is 11.7 Å². The maximum Gasteiger partial charge on any atom is 0.334 e. The van der Waals surface area contributed by atoms with Gasteiger partial charge in [-0.25, -0.2) is 4.79 Å². The van der Waals surface area contributed by atoms with Crippen LogP contribution in [0.15, 0.2) is 35.6 Å². The number of rotatable bonds is 8. The number of aliphatic hydroxyl groups excluding tert-OH is 1. The van der Waals surface area contributed by atoms with Crippen molar-refractivity contribution in [2.75, 3.05) is 7.11 Å². The summed E-state index contributed by atoms with van der Waals surface area (Å²) in [7, 11) is 1.37. The first-order valence-electron chi connectivity index (χ1n) is 8.46. The van der Waals surface area contributed by atoms with Crippen LogP contribution in [0, 0.1) is 5.92 Å². The van der Waals surface area contributed by atoms with Crippen LogP contribution in [0.4, 0.5) is 0 Å². The molecule has 1 aliphatic rings. The number of methoxy groups -OCH3 is 1. The molecule has 0 fully saturated rings. The highest BCUT2D eigenvalue weighted by Gasteiger charge is 2.37. The fourth-order valence-electron chi connectivity index (χ4n) is 2.80. The lowest BCUT2D eigenvalue weighted by atomic mass is 9.86. The van der Waals surface area contributed by atoms with Gasteiger partial charge in [-0.1, -0.05) is 32.9 Å². The molecule has 0 bridgehead atoms. The first kappa shape index (κ1) is 19.5. The van der Waals surface area contributed by atoms with Crippen LogP contribution in [0.3, 0.4) is 0 Å². The van der Waals surface area contributed by atoms with E-state index in [1.165, 1.54) is 13.2 Å². The number of ether oxygens (including phenoxy) is 2. The summed E-state index contributed by atoms with van der Waals surface area (Å²) in [6.45, 7) is 8.02. The summed E-state index contributed by atoms with van der Waals surface area (Å²) in [4.78, 5) is 11.5. The van der Waals surface area contributed by atoms with E-state index >= 15 is 0 Å². The Hall–Kier alpha value is -1.55. The zero-order chi connectivity index (χ0) is 17.5. The summed E-state index contributed by atoms with van der Waals surface area (Å²) in [5.41, 5.74) is 0.654. The number of hydrogen-bond acceptors (Lipinski definition) is 4. The zero-order valence-corrected chi connectivity index (χ0v) is 15.0. The maximum atomic E-state index is 11.5. The molecule has 0 saturated carbocycles. The predicted molar refractivity (Wildman–Crippen MR) is 91.8 cm³/mol. The van der Waals surface area contributed by atoms with E-state index in [0.717, 1.165) is 31.3 Å². The Morgan fingerprint density at radius 3 is 2.57 bits per heavy atom. The summed E-state index contributed by atoms with van der Waals surface area (Å²) in [5.74, 6) is 0.541. The van der Waals surface area contributed by atoms with Gasteiger partial charge in [-0.2, -0.15) is 0 Å². The van der Waals surface area contributed by atoms with Crippen LogP contribution in [0.2, 0.25) is 0 Å². The van der Waals surface area contributed by atoms with E-state index in [4.69, 9.17) is 9.47 Å². The second-order valence-corrected chi connectivity index (χ2v) is 6.07. The molecule has 23 heavy (non-hydrogen) atoms. The van der Waals surface area contributed by atoms with Gasteiger partial charge in [-0.3, -0.25) is 0 Å². The van der Waals surface area contributed by atoms with Gasteiger partial charge in [0, 0.05) is 0 Å². The van der Waals surface area contributed by atoms with E-state index in [1.807, 2.05) is 6.08 Å². The van der Waals surface area contributed by atoms with Crippen molar-refractivity contribution in [2.24, 2.45) is 5.92 Å². The molecule has 0 saturated heterocycles. The lowest BCUT2D eigenvalue weighted by Gasteiger charge is -2.29. The number of esters is 1. The molecule has 4 nitrogen and oxygen atoms in total. The van der Waals surface area contributed by atoms with Crippen molar-refractivity contribution < 1.29 is 19.4 Å². The van der Waals surface area contributed by atoms with Gasteiger partial charge in [-0.05, 0) is 50.2 Å². The third kappa shape index (κ3) is 5.54. The molecule has 0 unspecified atom stereocenters. The SMILES string of the molecule is CCC1=C[C@@](CC)(C[C@H](/C=C/[C@@H](C)O)CC)O/C1=C\C(=O)OC. The van der Waals surface area contributed by atoms with Crippen molar-refractivity contribution in [1.29, 1.82) is 0 Å². The zero-order valence-electron chi connectivity index (χ0n) is 15.0. The minimum absolute atomic E-state index is 0.316. The Kier molecular flexibility index (Phi) is 7.56. The topological polar surface area (TPSA) is 55.8 Å². The van der Waals surface area contributed by atoms with E-state index in [2.05, 4.69) is 32.9 Å². The highest BCUT2D eigenvalue weighted by atomic mass is 16.5. The van der Waals surface area contributed by atoms with Gasteiger partial charge < -0.3 is 14.6 Å². The molecular formula is C19H30O4. The van der Waals surface area contributed by atoms with Gasteiger partial charge >= 0.3 is 5.97 Å². The third-order valence-corrected chi connectivity index (χ3v) is 4.29. The summed E-state index contributed by atoms with van der Waals surface area (Å²) in [6.07, 6.45) is 10.5. The molecule has 1 aliphatic heterocycles. The maximum absolute atomic E-state index is 11.5. The highest BCUT2D eigenvalue weighted by molar-refractivity contribution is 5.83. The Labute approximate surface area is 139 Å². The van der Waals surface area contributed by atoms with Crippen LogP contribution < -0.4 is 0 Å². The fraction of sp³-hybridized carbons (Fsp3) is 0.632. The fourth-order valence-corrected chi connectivity index (χ4v) is 2.80. The average molecular weight is 322 g/mol. The quantitative estimate of drug-likeness (QED) is 0.418. The lowest BCUT2D eigenvalue weighted by Crippen LogP contribution is -2.28. The number of hydrogen-bond donors (Lipinski definition) is 1. The molecule has 1 rings (SSSR count). The molecule has 130 valence electrons. The van der Waals surface area contributed by atoms with Crippen molar-refractivity contribution in [3.8, 4) is 0 Å². The Balaban J connectivity index is 2.99. The highest BCUT2D eigenvalue weighted by Crippen LogP contribution is 2.40. The average Bonchev–Trinajstić information content (AvgIpc) is 2.89. The summed E-state index contributed by atoms with van der Waals surface area (Å²) >= 11 is 0. The number of aliphatic hydroxyl groups is 1. The molecule has 0 aromatic heterocycles. The minimum atomic E-state index is -0.442. The predicted octanol–water partition coefficient (Wildman–Crippen LogP) is 3.91. The van der Waals surface area contributed by atoms with E-state index in [9.17, 15) is 9.90 Å². The van der Waals surface area contributed by atoms with Crippen molar-refractivity contribution in [3.05, 3.63) is 35.6 Å². The number of carbonyl (C=O) groups is 1. The van der Waals surface area contributed by atoms with Gasteiger partial charge in [0.05, 0.1) is 19.3 Å². The van der Waals surface area contributed by atoms with Gasteiger partial charge in [-0.15, -0.1) is 0 Å². The third-order valence-electron chi connectivity index (χ3n) is 4.29. The van der Waals surface area contributed by atoms with Crippen LogP contribution in [0.25, 0.3) is 0 Å². The monoisotopic (exact) mass is 322 g/mol. The summed E-state index contributed by atoms with van der Waals surface area (Å²) in [5, 5.41) is 9.44. The molecule has 0 aliphatic carbocycles. The van der Waals surface area contributed by atoms with Crippen LogP contribution in [-0.2, 0) is 14.3 Å². The molecular weight excluding hydrogens is 292 g/mol. The molecule has 1 heterocycles. The normalized spacial score (nSPS) is 25.3. The minimum Gasteiger partial charge on any atom is -0.483 e. The van der Waals surface area contributed by atoms with Crippen LogP contribution >= 0.6 is 0 Å². The van der Waals surface area contributed by atoms with Crippen molar-refractivity contribution in [1.82, 2.24) is 0 Å². The molecule has 1 N–H and O–H groups in total. The Morgan fingerprint density at radius 1 is 1.39 bits per heavy atom. The molecule has 0 aromatic rings. The molecule has 3 atom stereocenters. The molecule has 0 radical (unpaired) electrons. The lowest BCUT2D eigenvalue weighted by molar-refractivity contribution is -0.135. The van der Waals surface area contributed by atoms with Gasteiger partial charge in [0.1, 0.15) is 11.4 Å². The number of carbonyl (C=O) groups excluding carboxylic acids is 1.